The second-order valence-electron chi connectivity index (χ2n) is 4.75. The predicted molar refractivity (Wildman–Crippen MR) is 76.4 cm³/mol. The molecular formula is C14H13IO3. The van der Waals surface area contributed by atoms with Gasteiger partial charge in [0.15, 0.2) is 5.60 Å². The van der Waals surface area contributed by atoms with E-state index in [1.54, 1.807) is 0 Å². The van der Waals surface area contributed by atoms with Crippen molar-refractivity contribution in [3.63, 3.8) is 0 Å². The van der Waals surface area contributed by atoms with E-state index in [1.807, 2.05) is 18.2 Å². The Morgan fingerprint density at radius 2 is 2.00 bits per heavy atom. The molecule has 0 aromatic heterocycles. The number of hydrogen-bond donors (Lipinski definition) is 0. The van der Waals surface area contributed by atoms with Gasteiger partial charge < -0.3 is 9.47 Å². The Labute approximate surface area is 119 Å². The van der Waals surface area contributed by atoms with Gasteiger partial charge in [-0.2, -0.15) is 0 Å². The van der Waals surface area contributed by atoms with Crippen LogP contribution in [0.2, 0.25) is 0 Å². The molecule has 3 rings (SSSR count). The SMILES string of the molecule is O=C1OCC2(CCC(I)=C(c3ccccc3)C2)O1. The lowest BCUT2D eigenvalue weighted by Crippen LogP contribution is -2.34. The monoisotopic (exact) mass is 356 g/mol. The van der Waals surface area contributed by atoms with Crippen molar-refractivity contribution in [1.29, 1.82) is 0 Å². The van der Waals surface area contributed by atoms with E-state index in [2.05, 4.69) is 34.7 Å². The van der Waals surface area contributed by atoms with Crippen molar-refractivity contribution in [2.24, 2.45) is 0 Å². The summed E-state index contributed by atoms with van der Waals surface area (Å²) in [5, 5.41) is 0. The van der Waals surface area contributed by atoms with Gasteiger partial charge in [0.2, 0.25) is 0 Å². The fourth-order valence-corrected chi connectivity index (χ4v) is 3.30. The molecule has 18 heavy (non-hydrogen) atoms. The molecule has 94 valence electrons. The van der Waals surface area contributed by atoms with Gasteiger partial charge in [-0.15, -0.1) is 0 Å². The number of carbonyl (C=O) groups is 1. The summed E-state index contributed by atoms with van der Waals surface area (Å²) >= 11 is 2.40. The first-order chi connectivity index (χ1) is 8.69. The lowest BCUT2D eigenvalue weighted by Gasteiger charge is -2.31. The van der Waals surface area contributed by atoms with Crippen LogP contribution in [0.5, 0.6) is 0 Å². The molecule has 0 saturated carbocycles. The van der Waals surface area contributed by atoms with Crippen LogP contribution in [0.15, 0.2) is 33.9 Å². The third kappa shape index (κ3) is 2.13. The predicted octanol–water partition coefficient (Wildman–Crippen LogP) is 3.92. The molecule has 1 saturated heterocycles. The molecule has 0 radical (unpaired) electrons. The van der Waals surface area contributed by atoms with Crippen LogP contribution < -0.4 is 0 Å². The molecule has 1 aliphatic carbocycles. The molecular weight excluding hydrogens is 343 g/mol. The van der Waals surface area contributed by atoms with Crippen LogP contribution in [0.4, 0.5) is 4.79 Å². The maximum Gasteiger partial charge on any atom is 0.509 e. The maximum atomic E-state index is 11.2. The number of cyclic esters (lactones) is 1. The van der Waals surface area contributed by atoms with E-state index < -0.39 is 11.8 Å². The van der Waals surface area contributed by atoms with Gasteiger partial charge in [-0.3, -0.25) is 0 Å². The van der Waals surface area contributed by atoms with Gasteiger partial charge in [-0.25, -0.2) is 4.79 Å². The highest BCUT2D eigenvalue weighted by atomic mass is 127. The normalized spacial score (nSPS) is 27.3. The summed E-state index contributed by atoms with van der Waals surface area (Å²) in [6.07, 6.45) is 2.02. The molecule has 0 amide bonds. The van der Waals surface area contributed by atoms with Crippen molar-refractivity contribution in [1.82, 2.24) is 0 Å². The lowest BCUT2D eigenvalue weighted by atomic mass is 9.82. The molecule has 1 atom stereocenters. The van der Waals surface area contributed by atoms with Crippen molar-refractivity contribution in [3.8, 4) is 0 Å². The molecule has 3 nitrogen and oxygen atoms in total. The Morgan fingerprint density at radius 3 is 2.67 bits per heavy atom. The highest BCUT2D eigenvalue weighted by molar-refractivity contribution is 14.1. The Balaban J connectivity index is 1.92. The maximum absolute atomic E-state index is 11.2. The number of rotatable bonds is 1. The summed E-state index contributed by atoms with van der Waals surface area (Å²) in [7, 11) is 0. The Bertz CT molecular complexity index is 509. The van der Waals surface area contributed by atoms with E-state index in [4.69, 9.17) is 9.47 Å². The van der Waals surface area contributed by atoms with Crippen LogP contribution in [0.25, 0.3) is 5.57 Å². The van der Waals surface area contributed by atoms with Crippen molar-refractivity contribution in [3.05, 3.63) is 39.5 Å². The highest BCUT2D eigenvalue weighted by Gasteiger charge is 2.45. The fourth-order valence-electron chi connectivity index (χ4n) is 2.53. The summed E-state index contributed by atoms with van der Waals surface area (Å²) in [5.41, 5.74) is 2.06. The van der Waals surface area contributed by atoms with Crippen LogP contribution in [0.3, 0.4) is 0 Å². The average Bonchev–Trinajstić information content (AvgIpc) is 2.75. The molecule has 4 heteroatoms. The Morgan fingerprint density at radius 1 is 1.22 bits per heavy atom. The highest BCUT2D eigenvalue weighted by Crippen LogP contribution is 2.44. The van der Waals surface area contributed by atoms with Gasteiger partial charge in [0.1, 0.15) is 6.61 Å². The van der Waals surface area contributed by atoms with Gasteiger partial charge >= 0.3 is 6.16 Å². The van der Waals surface area contributed by atoms with Crippen molar-refractivity contribution in [2.75, 3.05) is 6.61 Å². The number of hydrogen-bond acceptors (Lipinski definition) is 3. The third-order valence-corrected chi connectivity index (χ3v) is 4.69. The van der Waals surface area contributed by atoms with Gasteiger partial charge in [0.25, 0.3) is 0 Å². The van der Waals surface area contributed by atoms with Gasteiger partial charge in [-0.1, -0.05) is 30.3 Å². The zero-order chi connectivity index (χ0) is 12.6. The Hall–Kier alpha value is -1.04. The van der Waals surface area contributed by atoms with Gasteiger partial charge in [0.05, 0.1) is 0 Å². The Kier molecular flexibility index (Phi) is 3.05. The average molecular weight is 356 g/mol. The van der Waals surface area contributed by atoms with Crippen LogP contribution in [-0.4, -0.2) is 18.4 Å². The topological polar surface area (TPSA) is 35.5 Å². The van der Waals surface area contributed by atoms with E-state index in [9.17, 15) is 4.79 Å². The molecule has 1 heterocycles. The molecule has 1 fully saturated rings. The molecule has 1 aromatic carbocycles. The number of carbonyl (C=O) groups excluding carboxylic acids is 1. The van der Waals surface area contributed by atoms with Crippen molar-refractivity contribution in [2.45, 2.75) is 24.9 Å². The minimum Gasteiger partial charge on any atom is -0.430 e. The smallest absolute Gasteiger partial charge is 0.430 e. The standard InChI is InChI=1S/C14H13IO3/c15-12-6-7-14(9-17-13(16)18-14)8-11(12)10-4-2-1-3-5-10/h1-5H,6-9H2. The van der Waals surface area contributed by atoms with E-state index in [0.717, 1.165) is 19.3 Å². The quantitative estimate of drug-likeness (QED) is 0.565. The second-order valence-corrected chi connectivity index (χ2v) is 6.05. The van der Waals surface area contributed by atoms with E-state index in [1.165, 1.54) is 14.7 Å². The minimum atomic E-state index is -0.528. The number of allylic oxidation sites excluding steroid dienone is 1. The summed E-state index contributed by atoms with van der Waals surface area (Å²) < 4.78 is 11.7. The van der Waals surface area contributed by atoms with E-state index in [-0.39, 0.29) is 0 Å². The largest absolute Gasteiger partial charge is 0.509 e. The van der Waals surface area contributed by atoms with Crippen molar-refractivity contribution >= 4 is 34.3 Å². The summed E-state index contributed by atoms with van der Waals surface area (Å²) in [6, 6.07) is 10.3. The zero-order valence-electron chi connectivity index (χ0n) is 9.82. The molecule has 0 N–H and O–H groups in total. The summed E-state index contributed by atoms with van der Waals surface area (Å²) in [6.45, 7) is 0.381. The third-order valence-electron chi connectivity index (χ3n) is 3.50. The summed E-state index contributed by atoms with van der Waals surface area (Å²) in [4.78, 5) is 11.2. The number of ether oxygens (including phenoxy) is 2. The second kappa shape index (κ2) is 4.57. The van der Waals surface area contributed by atoms with Crippen LogP contribution in [-0.2, 0) is 9.47 Å². The fraction of sp³-hybridized carbons (Fsp3) is 0.357. The first-order valence-electron chi connectivity index (χ1n) is 5.97. The molecule has 0 bridgehead atoms. The van der Waals surface area contributed by atoms with Gasteiger partial charge in [0, 0.05) is 6.42 Å². The van der Waals surface area contributed by atoms with Gasteiger partial charge in [-0.05, 0) is 50.1 Å². The molecule has 1 unspecified atom stereocenters. The zero-order valence-corrected chi connectivity index (χ0v) is 12.0. The number of halogens is 1. The lowest BCUT2D eigenvalue weighted by molar-refractivity contribution is 0.0517. The minimum absolute atomic E-state index is 0.381. The number of benzene rings is 1. The molecule has 1 aromatic rings. The van der Waals surface area contributed by atoms with Crippen molar-refractivity contribution < 1.29 is 14.3 Å². The van der Waals surface area contributed by atoms with Crippen LogP contribution in [0, 0.1) is 0 Å². The van der Waals surface area contributed by atoms with Crippen LogP contribution >= 0.6 is 22.6 Å². The first-order valence-corrected chi connectivity index (χ1v) is 7.05. The molecule has 1 spiro atoms. The molecule has 2 aliphatic rings. The summed E-state index contributed by atoms with van der Waals surface area (Å²) in [5.74, 6) is 0. The molecule has 1 aliphatic heterocycles. The van der Waals surface area contributed by atoms with Crippen LogP contribution in [0.1, 0.15) is 24.8 Å². The first kappa shape index (κ1) is 12.0. The van der Waals surface area contributed by atoms with E-state index in [0.29, 0.717) is 6.61 Å². The van der Waals surface area contributed by atoms with E-state index >= 15 is 0 Å².